The maximum Gasteiger partial charge on any atom is 0.221 e. The van der Waals surface area contributed by atoms with Crippen LogP contribution in [0.4, 0.5) is 0 Å². The van der Waals surface area contributed by atoms with Crippen LogP contribution in [-0.2, 0) is 4.79 Å². The van der Waals surface area contributed by atoms with Gasteiger partial charge < -0.3 is 11.1 Å². The number of nitrogens with one attached hydrogen (secondary N) is 1. The molecule has 0 aromatic carbocycles. The van der Waals surface area contributed by atoms with Crippen LogP contribution < -0.4 is 11.1 Å². The molecule has 96 valence electrons. The molecule has 0 spiro atoms. The maximum atomic E-state index is 12.0. The lowest BCUT2D eigenvalue weighted by Gasteiger charge is -2.29. The molecule has 2 aliphatic rings. The van der Waals surface area contributed by atoms with Crippen LogP contribution in [0.25, 0.3) is 0 Å². The van der Waals surface area contributed by atoms with Crippen LogP contribution in [0, 0.1) is 5.92 Å². The predicted octanol–water partition coefficient (Wildman–Crippen LogP) is 2.28. The Morgan fingerprint density at radius 1 is 1.24 bits per heavy atom. The highest BCUT2D eigenvalue weighted by atomic mass is 32.1. The van der Waals surface area contributed by atoms with E-state index in [1.54, 1.807) is 0 Å². The fourth-order valence-electron chi connectivity index (χ4n) is 3.21. The number of hydrogen-bond donors (Lipinski definition) is 2. The van der Waals surface area contributed by atoms with E-state index in [-0.39, 0.29) is 11.4 Å². The van der Waals surface area contributed by atoms with Gasteiger partial charge in [-0.1, -0.05) is 37.9 Å². The average Bonchev–Trinajstić information content (AvgIpc) is 2.89. The number of carbonyl (C=O) groups is 1. The second kappa shape index (κ2) is 5.34. The molecule has 2 rings (SSSR count). The van der Waals surface area contributed by atoms with Crippen LogP contribution in [0.2, 0.25) is 0 Å². The number of carbonyl (C=O) groups excluding carboxylic acids is 1. The van der Waals surface area contributed by atoms with Crippen molar-refractivity contribution in [2.45, 2.75) is 63.3 Å². The summed E-state index contributed by atoms with van der Waals surface area (Å²) < 4.78 is 0. The summed E-state index contributed by atoms with van der Waals surface area (Å²) >= 11 is 5.13. The summed E-state index contributed by atoms with van der Waals surface area (Å²) in [7, 11) is 0. The topological polar surface area (TPSA) is 55.1 Å². The first-order valence-electron chi connectivity index (χ1n) is 6.73. The molecule has 2 aliphatic carbocycles. The van der Waals surface area contributed by atoms with Crippen LogP contribution in [-0.4, -0.2) is 16.4 Å². The SMILES string of the molecule is NC(=S)C1(NC(=O)CC2CCCC2)CCCC1. The highest BCUT2D eigenvalue weighted by Crippen LogP contribution is 2.31. The maximum absolute atomic E-state index is 12.0. The molecule has 0 radical (unpaired) electrons. The summed E-state index contributed by atoms with van der Waals surface area (Å²) in [4.78, 5) is 12.5. The van der Waals surface area contributed by atoms with E-state index in [4.69, 9.17) is 18.0 Å². The molecular weight excluding hydrogens is 232 g/mol. The molecule has 1 amide bonds. The van der Waals surface area contributed by atoms with Gasteiger partial charge in [0, 0.05) is 6.42 Å². The largest absolute Gasteiger partial charge is 0.391 e. The Balaban J connectivity index is 1.89. The number of thiocarbonyl (C=S) groups is 1. The summed E-state index contributed by atoms with van der Waals surface area (Å²) in [5, 5.41) is 3.11. The minimum atomic E-state index is -0.370. The number of nitrogens with two attached hydrogens (primary N) is 1. The Morgan fingerprint density at radius 2 is 1.82 bits per heavy atom. The van der Waals surface area contributed by atoms with E-state index in [1.165, 1.54) is 25.7 Å². The van der Waals surface area contributed by atoms with Crippen molar-refractivity contribution in [3.8, 4) is 0 Å². The number of rotatable bonds is 4. The Kier molecular flexibility index (Phi) is 4.02. The monoisotopic (exact) mass is 254 g/mol. The van der Waals surface area contributed by atoms with Crippen molar-refractivity contribution < 1.29 is 4.79 Å². The molecule has 2 fully saturated rings. The lowest BCUT2D eigenvalue weighted by atomic mass is 9.96. The Morgan fingerprint density at radius 3 is 2.35 bits per heavy atom. The van der Waals surface area contributed by atoms with Crippen molar-refractivity contribution in [1.29, 1.82) is 0 Å². The van der Waals surface area contributed by atoms with E-state index >= 15 is 0 Å². The molecule has 17 heavy (non-hydrogen) atoms. The van der Waals surface area contributed by atoms with Gasteiger partial charge in [0.05, 0.1) is 10.5 Å². The second-order valence-corrected chi connectivity index (χ2v) is 6.00. The first kappa shape index (κ1) is 12.8. The van der Waals surface area contributed by atoms with Gasteiger partial charge in [-0.15, -0.1) is 0 Å². The van der Waals surface area contributed by atoms with Crippen LogP contribution >= 0.6 is 12.2 Å². The van der Waals surface area contributed by atoms with Crippen molar-refractivity contribution in [1.82, 2.24) is 5.32 Å². The molecule has 0 aromatic heterocycles. The molecule has 3 N–H and O–H groups in total. The molecule has 0 aliphatic heterocycles. The minimum Gasteiger partial charge on any atom is -0.391 e. The first-order valence-corrected chi connectivity index (χ1v) is 7.14. The van der Waals surface area contributed by atoms with Crippen molar-refractivity contribution in [2.24, 2.45) is 11.7 Å². The van der Waals surface area contributed by atoms with Crippen LogP contribution in [0.1, 0.15) is 57.8 Å². The van der Waals surface area contributed by atoms with Gasteiger partial charge >= 0.3 is 0 Å². The van der Waals surface area contributed by atoms with Crippen LogP contribution in [0.15, 0.2) is 0 Å². The van der Waals surface area contributed by atoms with E-state index < -0.39 is 0 Å². The summed E-state index contributed by atoms with van der Waals surface area (Å²) in [6.45, 7) is 0. The zero-order chi connectivity index (χ0) is 12.3. The Hall–Kier alpha value is -0.640. The first-order chi connectivity index (χ1) is 8.12. The molecule has 0 atom stereocenters. The van der Waals surface area contributed by atoms with E-state index in [9.17, 15) is 4.79 Å². The van der Waals surface area contributed by atoms with Gasteiger partial charge in [-0.05, 0) is 31.6 Å². The summed E-state index contributed by atoms with van der Waals surface area (Å²) in [5.74, 6) is 0.728. The summed E-state index contributed by atoms with van der Waals surface area (Å²) in [6, 6.07) is 0. The molecule has 0 bridgehead atoms. The summed E-state index contributed by atoms with van der Waals surface area (Å²) in [6.07, 6.45) is 9.67. The molecule has 0 saturated heterocycles. The van der Waals surface area contributed by atoms with Gasteiger partial charge in [0.25, 0.3) is 0 Å². The third kappa shape index (κ3) is 2.97. The highest BCUT2D eigenvalue weighted by molar-refractivity contribution is 7.80. The molecule has 0 unspecified atom stereocenters. The van der Waals surface area contributed by atoms with E-state index in [0.717, 1.165) is 25.7 Å². The van der Waals surface area contributed by atoms with Gasteiger partial charge in [-0.3, -0.25) is 4.79 Å². The Labute approximate surface area is 109 Å². The zero-order valence-corrected chi connectivity index (χ0v) is 11.2. The average molecular weight is 254 g/mol. The van der Waals surface area contributed by atoms with Crippen molar-refractivity contribution >= 4 is 23.1 Å². The van der Waals surface area contributed by atoms with E-state index in [2.05, 4.69) is 5.32 Å². The minimum absolute atomic E-state index is 0.145. The van der Waals surface area contributed by atoms with Crippen molar-refractivity contribution in [2.75, 3.05) is 0 Å². The van der Waals surface area contributed by atoms with Gasteiger partial charge in [-0.25, -0.2) is 0 Å². The van der Waals surface area contributed by atoms with Crippen LogP contribution in [0.3, 0.4) is 0 Å². The normalized spacial score (nSPS) is 23.8. The molecule has 2 saturated carbocycles. The van der Waals surface area contributed by atoms with Crippen molar-refractivity contribution in [3.63, 3.8) is 0 Å². The lowest BCUT2D eigenvalue weighted by molar-refractivity contribution is -0.123. The zero-order valence-electron chi connectivity index (χ0n) is 10.3. The second-order valence-electron chi connectivity index (χ2n) is 5.56. The number of amides is 1. The number of hydrogen-bond acceptors (Lipinski definition) is 2. The predicted molar refractivity (Wildman–Crippen MR) is 72.7 cm³/mol. The quantitative estimate of drug-likeness (QED) is 0.757. The van der Waals surface area contributed by atoms with Gasteiger partial charge in [0.1, 0.15) is 0 Å². The fraction of sp³-hybridized carbons (Fsp3) is 0.846. The molecule has 4 heteroatoms. The van der Waals surface area contributed by atoms with Gasteiger partial charge in [0.2, 0.25) is 5.91 Å². The third-order valence-electron chi connectivity index (χ3n) is 4.26. The molecule has 0 aromatic rings. The van der Waals surface area contributed by atoms with Gasteiger partial charge in [-0.2, -0.15) is 0 Å². The van der Waals surface area contributed by atoms with E-state index in [1.807, 2.05) is 0 Å². The van der Waals surface area contributed by atoms with Crippen molar-refractivity contribution in [3.05, 3.63) is 0 Å². The summed E-state index contributed by atoms with van der Waals surface area (Å²) in [5.41, 5.74) is 5.44. The fourth-order valence-corrected chi connectivity index (χ4v) is 3.46. The van der Waals surface area contributed by atoms with Gasteiger partial charge in [0.15, 0.2) is 0 Å². The van der Waals surface area contributed by atoms with E-state index in [0.29, 0.717) is 17.3 Å². The lowest BCUT2D eigenvalue weighted by Crippen LogP contribution is -2.55. The Bertz CT molecular complexity index is 305. The molecule has 0 heterocycles. The molecule has 3 nitrogen and oxygen atoms in total. The highest BCUT2D eigenvalue weighted by Gasteiger charge is 2.38. The third-order valence-corrected chi connectivity index (χ3v) is 4.65. The molecular formula is C13H22N2OS. The van der Waals surface area contributed by atoms with Crippen LogP contribution in [0.5, 0.6) is 0 Å². The standard InChI is InChI=1S/C13H22N2OS/c14-12(17)13(7-3-4-8-13)15-11(16)9-10-5-1-2-6-10/h10H,1-9H2,(H2,14,17)(H,15,16). The smallest absolute Gasteiger partial charge is 0.221 e.